The van der Waals surface area contributed by atoms with Crippen molar-refractivity contribution in [3.05, 3.63) is 17.7 Å². The number of morpholine rings is 1. The van der Waals surface area contributed by atoms with Gasteiger partial charge in [-0.15, -0.1) is 0 Å². The van der Waals surface area contributed by atoms with Crippen LogP contribution in [0.3, 0.4) is 0 Å². The van der Waals surface area contributed by atoms with Gasteiger partial charge in [-0.25, -0.2) is 4.98 Å². The Kier molecular flexibility index (Phi) is 3.21. The number of H-pyrrole nitrogens is 1. The van der Waals surface area contributed by atoms with Crippen LogP contribution in [-0.2, 0) is 9.53 Å². The van der Waals surface area contributed by atoms with E-state index in [-0.39, 0.29) is 12.6 Å². The van der Waals surface area contributed by atoms with Crippen molar-refractivity contribution in [1.29, 1.82) is 0 Å². The summed E-state index contributed by atoms with van der Waals surface area (Å²) >= 11 is 0. The molecule has 0 amide bonds. The first-order valence-electron chi connectivity index (χ1n) is 5.22. The number of hydrogen-bond acceptors (Lipinski definition) is 4. The Bertz CT molecular complexity index is 377. The summed E-state index contributed by atoms with van der Waals surface area (Å²) in [6.07, 6.45) is 1.59. The maximum atomic E-state index is 10.6. The number of rotatable bonds is 3. The molecule has 0 radical (unpaired) electrons. The minimum absolute atomic E-state index is 0.0551. The molecule has 16 heavy (non-hydrogen) atoms. The number of ether oxygens (including phenoxy) is 1. The lowest BCUT2D eigenvalue weighted by atomic mass is 10.2. The van der Waals surface area contributed by atoms with Gasteiger partial charge in [0.25, 0.3) is 0 Å². The fourth-order valence-electron chi connectivity index (χ4n) is 1.80. The number of nitrogens with one attached hydrogen (secondary N) is 1. The van der Waals surface area contributed by atoms with Gasteiger partial charge < -0.3 is 14.8 Å². The van der Waals surface area contributed by atoms with Crippen molar-refractivity contribution in [2.45, 2.75) is 13.0 Å². The summed E-state index contributed by atoms with van der Waals surface area (Å²) in [6, 6.07) is 0. The van der Waals surface area contributed by atoms with Crippen molar-refractivity contribution in [3.8, 4) is 0 Å². The van der Waals surface area contributed by atoms with Gasteiger partial charge >= 0.3 is 5.97 Å². The van der Waals surface area contributed by atoms with Gasteiger partial charge in [0.1, 0.15) is 11.9 Å². The minimum atomic E-state index is -0.809. The second-order valence-corrected chi connectivity index (χ2v) is 3.94. The largest absolute Gasteiger partial charge is 0.480 e. The molecule has 6 nitrogen and oxygen atoms in total. The Balaban J connectivity index is 1.99. The SMILES string of the molecule is Cc1cnc([C@H]2CN(CC(=O)O)CCO2)[nH]1. The predicted molar refractivity (Wildman–Crippen MR) is 56.1 cm³/mol. The highest BCUT2D eigenvalue weighted by atomic mass is 16.5. The molecule has 1 aliphatic rings. The highest BCUT2D eigenvalue weighted by Gasteiger charge is 2.24. The quantitative estimate of drug-likeness (QED) is 0.767. The van der Waals surface area contributed by atoms with Crippen molar-refractivity contribution >= 4 is 5.97 Å². The number of aliphatic carboxylic acids is 1. The molecule has 2 N–H and O–H groups in total. The number of carboxylic acid groups (broad SMARTS) is 1. The van der Waals surface area contributed by atoms with E-state index in [2.05, 4.69) is 9.97 Å². The van der Waals surface area contributed by atoms with Crippen molar-refractivity contribution < 1.29 is 14.6 Å². The first-order chi connectivity index (χ1) is 7.65. The predicted octanol–water partition coefficient (Wildman–Crippen LogP) is 0.176. The lowest BCUT2D eigenvalue weighted by Crippen LogP contribution is -2.41. The Morgan fingerprint density at radius 2 is 2.62 bits per heavy atom. The Morgan fingerprint density at radius 3 is 3.25 bits per heavy atom. The maximum absolute atomic E-state index is 10.6. The number of carboxylic acids is 1. The molecule has 0 spiro atoms. The van der Waals surface area contributed by atoms with Crippen LogP contribution in [0.4, 0.5) is 0 Å². The summed E-state index contributed by atoms with van der Waals surface area (Å²) in [6.45, 7) is 3.74. The molecule has 0 aromatic carbocycles. The fourth-order valence-corrected chi connectivity index (χ4v) is 1.80. The number of imidazole rings is 1. The van der Waals surface area contributed by atoms with Crippen LogP contribution in [0.1, 0.15) is 17.6 Å². The molecular formula is C10H15N3O3. The third-order valence-corrected chi connectivity index (χ3v) is 2.54. The van der Waals surface area contributed by atoms with E-state index in [0.29, 0.717) is 19.7 Å². The summed E-state index contributed by atoms with van der Waals surface area (Å²) in [5.41, 5.74) is 0.981. The first kappa shape index (κ1) is 11.1. The summed E-state index contributed by atoms with van der Waals surface area (Å²) in [7, 11) is 0. The zero-order valence-electron chi connectivity index (χ0n) is 9.14. The van der Waals surface area contributed by atoms with Crippen LogP contribution in [0, 0.1) is 6.92 Å². The number of nitrogens with zero attached hydrogens (tertiary/aromatic N) is 2. The highest BCUT2D eigenvalue weighted by Crippen LogP contribution is 2.19. The van der Waals surface area contributed by atoms with Crippen molar-refractivity contribution in [3.63, 3.8) is 0 Å². The number of carbonyl (C=O) groups is 1. The molecule has 1 atom stereocenters. The molecular weight excluding hydrogens is 210 g/mol. The van der Waals surface area contributed by atoms with Crippen LogP contribution in [0.25, 0.3) is 0 Å². The third kappa shape index (κ3) is 2.59. The summed E-state index contributed by atoms with van der Waals surface area (Å²) in [5, 5.41) is 8.72. The normalized spacial score (nSPS) is 22.2. The molecule has 1 aromatic heterocycles. The van der Waals surface area contributed by atoms with Crippen LogP contribution in [0.15, 0.2) is 6.20 Å². The Morgan fingerprint density at radius 1 is 1.81 bits per heavy atom. The van der Waals surface area contributed by atoms with Gasteiger partial charge in [0.05, 0.1) is 13.2 Å². The van der Waals surface area contributed by atoms with E-state index in [1.165, 1.54) is 0 Å². The van der Waals surface area contributed by atoms with Crippen LogP contribution in [0.5, 0.6) is 0 Å². The van der Waals surface area contributed by atoms with E-state index in [0.717, 1.165) is 11.5 Å². The topological polar surface area (TPSA) is 78.5 Å². The molecule has 2 rings (SSSR count). The Labute approximate surface area is 93.2 Å². The minimum Gasteiger partial charge on any atom is -0.480 e. The summed E-state index contributed by atoms with van der Waals surface area (Å²) in [4.78, 5) is 19.8. The zero-order valence-corrected chi connectivity index (χ0v) is 9.14. The average Bonchev–Trinajstić information content (AvgIpc) is 2.64. The standard InChI is InChI=1S/C10H15N3O3/c1-7-4-11-10(12-7)8-5-13(2-3-16-8)6-9(14)15/h4,8H,2-3,5-6H2,1H3,(H,11,12)(H,14,15)/t8-/m1/s1. The van der Waals surface area contributed by atoms with E-state index in [9.17, 15) is 4.79 Å². The number of aryl methyl sites for hydroxylation is 1. The van der Waals surface area contributed by atoms with Crippen molar-refractivity contribution in [2.24, 2.45) is 0 Å². The van der Waals surface area contributed by atoms with Gasteiger partial charge in [0.2, 0.25) is 0 Å². The van der Waals surface area contributed by atoms with Gasteiger partial charge in [-0.05, 0) is 6.92 Å². The number of aromatic nitrogens is 2. The van der Waals surface area contributed by atoms with Crippen LogP contribution < -0.4 is 0 Å². The second kappa shape index (κ2) is 4.63. The van der Waals surface area contributed by atoms with Crippen LogP contribution >= 0.6 is 0 Å². The number of aromatic amines is 1. The van der Waals surface area contributed by atoms with Crippen LogP contribution in [0.2, 0.25) is 0 Å². The zero-order chi connectivity index (χ0) is 11.5. The van der Waals surface area contributed by atoms with Gasteiger partial charge in [-0.3, -0.25) is 9.69 Å². The molecule has 0 aliphatic carbocycles. The Hall–Kier alpha value is -1.40. The smallest absolute Gasteiger partial charge is 0.317 e. The lowest BCUT2D eigenvalue weighted by Gasteiger charge is -2.30. The van der Waals surface area contributed by atoms with Crippen molar-refractivity contribution in [1.82, 2.24) is 14.9 Å². The summed E-state index contributed by atoms with van der Waals surface area (Å²) in [5.74, 6) is -0.0381. The number of hydrogen-bond donors (Lipinski definition) is 2. The second-order valence-electron chi connectivity index (χ2n) is 3.94. The molecule has 1 aliphatic heterocycles. The molecule has 1 aromatic rings. The molecule has 1 fully saturated rings. The lowest BCUT2D eigenvalue weighted by molar-refractivity contribution is -0.140. The monoisotopic (exact) mass is 225 g/mol. The van der Waals surface area contributed by atoms with Crippen LogP contribution in [-0.4, -0.2) is 52.2 Å². The summed E-state index contributed by atoms with van der Waals surface area (Å²) < 4.78 is 5.56. The van der Waals surface area contributed by atoms with E-state index in [4.69, 9.17) is 9.84 Å². The van der Waals surface area contributed by atoms with Gasteiger partial charge in [0.15, 0.2) is 0 Å². The van der Waals surface area contributed by atoms with E-state index < -0.39 is 5.97 Å². The molecule has 0 unspecified atom stereocenters. The third-order valence-electron chi connectivity index (χ3n) is 2.54. The van der Waals surface area contributed by atoms with E-state index in [1.54, 1.807) is 6.20 Å². The highest BCUT2D eigenvalue weighted by molar-refractivity contribution is 5.69. The van der Waals surface area contributed by atoms with E-state index >= 15 is 0 Å². The first-order valence-corrected chi connectivity index (χ1v) is 5.22. The van der Waals surface area contributed by atoms with Gasteiger partial charge in [0, 0.05) is 25.0 Å². The molecule has 0 saturated carbocycles. The molecule has 0 bridgehead atoms. The molecule has 1 saturated heterocycles. The van der Waals surface area contributed by atoms with E-state index in [1.807, 2.05) is 11.8 Å². The fraction of sp³-hybridized carbons (Fsp3) is 0.600. The van der Waals surface area contributed by atoms with Crippen molar-refractivity contribution in [2.75, 3.05) is 26.2 Å². The van der Waals surface area contributed by atoms with Gasteiger partial charge in [-0.2, -0.15) is 0 Å². The van der Waals surface area contributed by atoms with Gasteiger partial charge in [-0.1, -0.05) is 0 Å². The molecule has 6 heteroatoms. The molecule has 88 valence electrons. The maximum Gasteiger partial charge on any atom is 0.317 e. The average molecular weight is 225 g/mol. The molecule has 2 heterocycles.